The van der Waals surface area contributed by atoms with Crippen LogP contribution in [-0.4, -0.2) is 68.6 Å². The first-order valence-electron chi connectivity index (χ1n) is 10.8. The van der Waals surface area contributed by atoms with Gasteiger partial charge in [0, 0.05) is 50.4 Å². The van der Waals surface area contributed by atoms with Crippen molar-refractivity contribution in [3.8, 4) is 0 Å². The maximum Gasteiger partial charge on any atom is 0.229 e. The molecular formula is C21H32N6O2S. The van der Waals surface area contributed by atoms with Crippen molar-refractivity contribution in [1.82, 2.24) is 24.3 Å². The molecule has 0 bridgehead atoms. The maximum atomic E-state index is 12.7. The molecule has 0 spiro atoms. The largest absolute Gasteiger partial charge is 0.373 e. The van der Waals surface area contributed by atoms with Crippen molar-refractivity contribution in [3.63, 3.8) is 0 Å². The predicted octanol–water partition coefficient (Wildman–Crippen LogP) is 2.34. The molecule has 2 unspecified atom stereocenters. The molecule has 2 aromatic heterocycles. The molecule has 2 fully saturated rings. The zero-order chi connectivity index (χ0) is 21.1. The van der Waals surface area contributed by atoms with E-state index in [0.29, 0.717) is 5.13 Å². The fraction of sp³-hybridized carbons (Fsp3) is 0.667. The third-order valence-corrected chi connectivity index (χ3v) is 6.71. The number of carbonyl (C=O) groups is 1. The quantitative estimate of drug-likeness (QED) is 0.755. The normalized spacial score (nSPS) is 24.2. The number of hydrogen-bond acceptors (Lipinski definition) is 7. The number of likely N-dealkylation sites (tertiary alicyclic amines) is 1. The molecule has 0 aromatic carbocycles. The van der Waals surface area contributed by atoms with E-state index in [1.165, 1.54) is 11.3 Å². The smallest absolute Gasteiger partial charge is 0.229 e. The van der Waals surface area contributed by atoms with Gasteiger partial charge in [-0.15, -0.1) is 11.3 Å². The average Bonchev–Trinajstić information content (AvgIpc) is 3.30. The topological polar surface area (TPSA) is 75.5 Å². The van der Waals surface area contributed by atoms with Gasteiger partial charge in [0.25, 0.3) is 0 Å². The molecule has 2 aliphatic rings. The van der Waals surface area contributed by atoms with E-state index in [2.05, 4.69) is 48.9 Å². The number of anilines is 1. The van der Waals surface area contributed by atoms with Gasteiger partial charge in [-0.25, -0.2) is 9.97 Å². The first-order valence-corrected chi connectivity index (χ1v) is 11.7. The van der Waals surface area contributed by atoms with Crippen molar-refractivity contribution >= 4 is 22.4 Å². The van der Waals surface area contributed by atoms with Gasteiger partial charge >= 0.3 is 0 Å². The summed E-state index contributed by atoms with van der Waals surface area (Å²) in [6.07, 6.45) is 6.04. The van der Waals surface area contributed by atoms with Crippen LogP contribution in [0.4, 0.5) is 5.13 Å². The SMILES string of the molecule is CC1CN(Cc2csc(NC(=O)C3CCN(Cc4nccn4C)CC3)n2)CC(C)O1. The molecule has 2 aromatic rings. The Labute approximate surface area is 182 Å². The highest BCUT2D eigenvalue weighted by atomic mass is 32.1. The van der Waals surface area contributed by atoms with E-state index in [1.54, 1.807) is 0 Å². The van der Waals surface area contributed by atoms with Crippen LogP contribution in [0.3, 0.4) is 0 Å². The number of ether oxygens (including phenoxy) is 1. The van der Waals surface area contributed by atoms with Crippen molar-refractivity contribution in [1.29, 1.82) is 0 Å². The molecule has 0 aliphatic carbocycles. The second-order valence-electron chi connectivity index (χ2n) is 8.59. The van der Waals surface area contributed by atoms with Crippen LogP contribution in [-0.2, 0) is 29.7 Å². The molecule has 4 rings (SSSR count). The average molecular weight is 433 g/mol. The number of carbonyl (C=O) groups excluding carboxylic acids is 1. The Morgan fingerprint density at radius 1 is 1.20 bits per heavy atom. The minimum Gasteiger partial charge on any atom is -0.373 e. The lowest BCUT2D eigenvalue weighted by molar-refractivity contribution is -0.121. The van der Waals surface area contributed by atoms with Crippen LogP contribution in [0.25, 0.3) is 0 Å². The summed E-state index contributed by atoms with van der Waals surface area (Å²) in [4.78, 5) is 26.5. The number of nitrogens with one attached hydrogen (secondary N) is 1. The summed E-state index contributed by atoms with van der Waals surface area (Å²) in [5.74, 6) is 1.22. The Kier molecular flexibility index (Phi) is 6.82. The zero-order valence-electron chi connectivity index (χ0n) is 18.1. The number of piperidine rings is 1. The van der Waals surface area contributed by atoms with Gasteiger partial charge in [0.1, 0.15) is 5.82 Å². The summed E-state index contributed by atoms with van der Waals surface area (Å²) in [6.45, 7) is 9.53. The molecule has 0 saturated carbocycles. The fourth-order valence-corrected chi connectivity index (χ4v) is 5.09. The van der Waals surface area contributed by atoms with E-state index in [-0.39, 0.29) is 24.0 Å². The Morgan fingerprint density at radius 3 is 2.60 bits per heavy atom. The van der Waals surface area contributed by atoms with E-state index in [9.17, 15) is 4.79 Å². The lowest BCUT2D eigenvalue weighted by atomic mass is 9.96. The van der Waals surface area contributed by atoms with Gasteiger partial charge in [-0.2, -0.15) is 0 Å². The Morgan fingerprint density at radius 2 is 1.93 bits per heavy atom. The third-order valence-electron chi connectivity index (χ3n) is 5.91. The second kappa shape index (κ2) is 9.55. The predicted molar refractivity (Wildman–Crippen MR) is 117 cm³/mol. The van der Waals surface area contributed by atoms with E-state index < -0.39 is 0 Å². The van der Waals surface area contributed by atoms with Crippen molar-refractivity contribution in [2.24, 2.45) is 13.0 Å². The summed E-state index contributed by atoms with van der Waals surface area (Å²) in [7, 11) is 2.02. The van der Waals surface area contributed by atoms with E-state index in [0.717, 1.165) is 63.6 Å². The van der Waals surface area contributed by atoms with Gasteiger partial charge in [-0.3, -0.25) is 14.6 Å². The minimum absolute atomic E-state index is 0.0518. The molecular weight excluding hydrogens is 400 g/mol. The van der Waals surface area contributed by atoms with Crippen LogP contribution < -0.4 is 5.32 Å². The van der Waals surface area contributed by atoms with Crippen molar-refractivity contribution in [2.45, 2.75) is 52.0 Å². The molecule has 1 amide bonds. The molecule has 0 radical (unpaired) electrons. The highest BCUT2D eigenvalue weighted by Gasteiger charge is 2.27. The summed E-state index contributed by atoms with van der Waals surface area (Å²) in [5, 5.41) is 5.81. The maximum absolute atomic E-state index is 12.7. The van der Waals surface area contributed by atoms with E-state index in [4.69, 9.17) is 4.74 Å². The summed E-state index contributed by atoms with van der Waals surface area (Å²) in [5.41, 5.74) is 1.02. The van der Waals surface area contributed by atoms with Crippen LogP contribution in [0.15, 0.2) is 17.8 Å². The molecule has 30 heavy (non-hydrogen) atoms. The molecule has 4 heterocycles. The molecule has 2 aliphatic heterocycles. The number of aryl methyl sites for hydroxylation is 1. The number of aromatic nitrogens is 3. The number of amides is 1. The standard InChI is InChI=1S/C21H32N6O2S/c1-15-10-27(11-16(2)29-15)12-18-14-30-21(23-18)24-20(28)17-4-7-26(8-5-17)13-19-22-6-9-25(19)3/h6,9,14-17H,4-5,7-8,10-13H2,1-3H3,(H,23,24,28). The van der Waals surface area contributed by atoms with Crippen LogP contribution in [0.2, 0.25) is 0 Å². The monoisotopic (exact) mass is 432 g/mol. The number of rotatable bonds is 6. The Balaban J connectivity index is 1.23. The zero-order valence-corrected chi connectivity index (χ0v) is 18.9. The lowest BCUT2D eigenvalue weighted by Gasteiger charge is -2.34. The molecule has 9 heteroatoms. The number of thiazole rings is 1. The van der Waals surface area contributed by atoms with Gasteiger partial charge in [0.2, 0.25) is 5.91 Å². The number of morpholine rings is 1. The van der Waals surface area contributed by atoms with Crippen LogP contribution in [0, 0.1) is 5.92 Å². The number of hydrogen-bond donors (Lipinski definition) is 1. The van der Waals surface area contributed by atoms with Crippen LogP contribution >= 0.6 is 11.3 Å². The first-order chi connectivity index (χ1) is 14.5. The second-order valence-corrected chi connectivity index (χ2v) is 9.45. The molecule has 1 N–H and O–H groups in total. The number of nitrogens with zero attached hydrogens (tertiary/aromatic N) is 5. The van der Waals surface area contributed by atoms with Gasteiger partial charge in [-0.1, -0.05) is 0 Å². The van der Waals surface area contributed by atoms with Gasteiger partial charge in [-0.05, 0) is 39.8 Å². The van der Waals surface area contributed by atoms with E-state index in [1.807, 2.05) is 19.4 Å². The van der Waals surface area contributed by atoms with Crippen molar-refractivity contribution < 1.29 is 9.53 Å². The molecule has 2 saturated heterocycles. The summed E-state index contributed by atoms with van der Waals surface area (Å²) in [6, 6.07) is 0. The highest BCUT2D eigenvalue weighted by Crippen LogP contribution is 2.23. The lowest BCUT2D eigenvalue weighted by Crippen LogP contribution is -2.44. The minimum atomic E-state index is 0.0518. The Hall–Kier alpha value is -1.81. The first kappa shape index (κ1) is 21.4. The molecule has 2 atom stereocenters. The van der Waals surface area contributed by atoms with E-state index >= 15 is 0 Å². The fourth-order valence-electron chi connectivity index (χ4n) is 4.39. The summed E-state index contributed by atoms with van der Waals surface area (Å²) >= 11 is 1.51. The highest BCUT2D eigenvalue weighted by molar-refractivity contribution is 7.13. The molecule has 8 nitrogen and oxygen atoms in total. The third kappa shape index (κ3) is 5.46. The molecule has 164 valence electrons. The van der Waals surface area contributed by atoms with Crippen molar-refractivity contribution in [2.75, 3.05) is 31.5 Å². The Bertz CT molecular complexity index is 834. The van der Waals surface area contributed by atoms with Crippen LogP contribution in [0.5, 0.6) is 0 Å². The number of imidazole rings is 1. The van der Waals surface area contributed by atoms with Gasteiger partial charge in [0.15, 0.2) is 5.13 Å². The summed E-state index contributed by atoms with van der Waals surface area (Å²) < 4.78 is 7.85. The van der Waals surface area contributed by atoms with Gasteiger partial charge in [0.05, 0.1) is 24.4 Å². The van der Waals surface area contributed by atoms with Crippen molar-refractivity contribution in [3.05, 3.63) is 29.3 Å². The van der Waals surface area contributed by atoms with Crippen LogP contribution in [0.1, 0.15) is 38.2 Å². The van der Waals surface area contributed by atoms with Gasteiger partial charge < -0.3 is 14.6 Å².